The fourth-order valence-electron chi connectivity index (χ4n) is 5.04. The Labute approximate surface area is 187 Å². The van der Waals surface area contributed by atoms with Crippen LogP contribution in [0.3, 0.4) is 0 Å². The Morgan fingerprint density at radius 1 is 1.06 bits per heavy atom. The van der Waals surface area contributed by atoms with Crippen LogP contribution in [0.5, 0.6) is 0 Å². The van der Waals surface area contributed by atoms with Gasteiger partial charge in [-0.25, -0.2) is 0 Å². The standard InChI is InChI=1S/C24H28ClN3O3/c1-26-21(29)24(20-5-2-3-13-27-20)10-4-14-28(17-24)22(30)23(11-15-31-16-12-23)18-6-8-19(25)9-7-18/h2-3,5-9,13H,4,10-12,14-17H2,1H3,(H,26,29). The van der Waals surface area contributed by atoms with Gasteiger partial charge in [-0.15, -0.1) is 0 Å². The molecule has 2 aromatic rings. The molecule has 2 aliphatic heterocycles. The molecule has 0 bridgehead atoms. The first kappa shape index (κ1) is 21.8. The van der Waals surface area contributed by atoms with Crippen LogP contribution >= 0.6 is 11.6 Å². The second-order valence-corrected chi connectivity index (χ2v) is 8.84. The highest BCUT2D eigenvalue weighted by atomic mass is 35.5. The number of nitrogens with zero attached hydrogens (tertiary/aromatic N) is 2. The van der Waals surface area contributed by atoms with E-state index in [1.54, 1.807) is 13.2 Å². The first-order chi connectivity index (χ1) is 15.0. The number of piperidine rings is 1. The number of nitrogens with one attached hydrogen (secondary N) is 1. The lowest BCUT2D eigenvalue weighted by Crippen LogP contribution is -2.59. The van der Waals surface area contributed by atoms with Gasteiger partial charge in [-0.3, -0.25) is 14.6 Å². The van der Waals surface area contributed by atoms with Gasteiger partial charge in [0.2, 0.25) is 11.8 Å². The fraction of sp³-hybridized carbons (Fsp3) is 0.458. The quantitative estimate of drug-likeness (QED) is 0.791. The van der Waals surface area contributed by atoms with Crippen LogP contribution in [0.2, 0.25) is 5.02 Å². The number of carbonyl (C=O) groups excluding carboxylic acids is 2. The van der Waals surface area contributed by atoms with Crippen molar-refractivity contribution in [3.63, 3.8) is 0 Å². The highest BCUT2D eigenvalue weighted by molar-refractivity contribution is 6.30. The molecule has 2 amide bonds. The smallest absolute Gasteiger partial charge is 0.233 e. The highest BCUT2D eigenvalue weighted by Gasteiger charge is 2.50. The van der Waals surface area contributed by atoms with Crippen molar-refractivity contribution in [2.24, 2.45) is 0 Å². The number of likely N-dealkylation sites (N-methyl/N-ethyl adjacent to an activating group) is 1. The Balaban J connectivity index is 1.71. The number of aromatic nitrogens is 1. The number of hydrogen-bond acceptors (Lipinski definition) is 4. The molecule has 7 heteroatoms. The molecule has 1 atom stereocenters. The van der Waals surface area contributed by atoms with E-state index in [0.717, 1.165) is 12.0 Å². The van der Waals surface area contributed by atoms with Gasteiger partial charge in [0.15, 0.2) is 0 Å². The zero-order chi connectivity index (χ0) is 21.9. The van der Waals surface area contributed by atoms with Crippen molar-refractivity contribution in [1.82, 2.24) is 15.2 Å². The van der Waals surface area contributed by atoms with Gasteiger partial charge in [0.1, 0.15) is 5.41 Å². The molecule has 0 aliphatic carbocycles. The van der Waals surface area contributed by atoms with Crippen LogP contribution in [0.25, 0.3) is 0 Å². The van der Waals surface area contributed by atoms with Gasteiger partial charge >= 0.3 is 0 Å². The van der Waals surface area contributed by atoms with Gasteiger partial charge < -0.3 is 15.0 Å². The Bertz CT molecular complexity index is 929. The van der Waals surface area contributed by atoms with E-state index in [1.165, 1.54) is 0 Å². The Hall–Kier alpha value is -2.44. The van der Waals surface area contributed by atoms with Gasteiger partial charge in [-0.1, -0.05) is 29.8 Å². The second kappa shape index (κ2) is 8.97. The number of hydrogen-bond donors (Lipinski definition) is 1. The molecule has 6 nitrogen and oxygen atoms in total. The number of pyridine rings is 1. The van der Waals surface area contributed by atoms with E-state index in [0.29, 0.717) is 56.3 Å². The van der Waals surface area contributed by atoms with E-state index in [2.05, 4.69) is 10.3 Å². The molecule has 31 heavy (non-hydrogen) atoms. The molecular formula is C24H28ClN3O3. The van der Waals surface area contributed by atoms with Crippen LogP contribution < -0.4 is 5.32 Å². The summed E-state index contributed by atoms with van der Waals surface area (Å²) in [5.41, 5.74) is 0.146. The molecule has 3 heterocycles. The molecule has 2 fully saturated rings. The number of carbonyl (C=O) groups is 2. The van der Waals surface area contributed by atoms with Crippen LogP contribution in [0.4, 0.5) is 0 Å². The molecule has 1 aromatic heterocycles. The lowest BCUT2D eigenvalue weighted by Gasteiger charge is -2.46. The molecule has 164 valence electrons. The van der Waals surface area contributed by atoms with Gasteiger partial charge in [0, 0.05) is 44.6 Å². The van der Waals surface area contributed by atoms with Crippen molar-refractivity contribution in [3.8, 4) is 0 Å². The second-order valence-electron chi connectivity index (χ2n) is 8.41. The number of amides is 2. The third kappa shape index (κ3) is 3.94. The minimum Gasteiger partial charge on any atom is -0.381 e. The minimum atomic E-state index is -0.851. The van der Waals surface area contributed by atoms with Crippen molar-refractivity contribution < 1.29 is 14.3 Å². The van der Waals surface area contributed by atoms with Crippen molar-refractivity contribution in [2.75, 3.05) is 33.4 Å². The average molecular weight is 442 g/mol. The van der Waals surface area contributed by atoms with Gasteiger partial charge in [-0.2, -0.15) is 0 Å². The predicted octanol–water partition coefficient (Wildman–Crippen LogP) is 3.09. The maximum Gasteiger partial charge on any atom is 0.233 e. The fourth-order valence-corrected chi connectivity index (χ4v) is 5.17. The Morgan fingerprint density at radius 3 is 2.45 bits per heavy atom. The molecule has 2 saturated heterocycles. The molecule has 2 aliphatic rings. The molecular weight excluding hydrogens is 414 g/mol. The van der Waals surface area contributed by atoms with Gasteiger partial charge in [0.25, 0.3) is 0 Å². The zero-order valence-electron chi connectivity index (χ0n) is 17.8. The lowest BCUT2D eigenvalue weighted by molar-refractivity contribution is -0.145. The third-order valence-electron chi connectivity index (χ3n) is 6.75. The summed E-state index contributed by atoms with van der Waals surface area (Å²) in [6.45, 7) is 2.01. The topological polar surface area (TPSA) is 71.5 Å². The van der Waals surface area contributed by atoms with E-state index >= 15 is 0 Å². The number of ether oxygens (including phenoxy) is 1. The molecule has 0 saturated carbocycles. The summed E-state index contributed by atoms with van der Waals surface area (Å²) < 4.78 is 5.60. The van der Waals surface area contributed by atoms with E-state index in [9.17, 15) is 9.59 Å². The summed E-state index contributed by atoms with van der Waals surface area (Å²) in [4.78, 5) is 33.5. The third-order valence-corrected chi connectivity index (χ3v) is 7.00. The Kier molecular flexibility index (Phi) is 6.30. The van der Waals surface area contributed by atoms with Crippen molar-refractivity contribution in [2.45, 2.75) is 36.5 Å². The molecule has 1 unspecified atom stereocenters. The number of rotatable bonds is 4. The van der Waals surface area contributed by atoms with Crippen molar-refractivity contribution in [3.05, 3.63) is 64.9 Å². The number of likely N-dealkylation sites (tertiary alicyclic amines) is 1. The summed E-state index contributed by atoms with van der Waals surface area (Å²) in [5, 5.41) is 3.45. The first-order valence-electron chi connectivity index (χ1n) is 10.8. The van der Waals surface area contributed by atoms with Crippen molar-refractivity contribution >= 4 is 23.4 Å². The van der Waals surface area contributed by atoms with E-state index < -0.39 is 10.8 Å². The molecule has 4 rings (SSSR count). The summed E-state index contributed by atoms with van der Waals surface area (Å²) in [5.74, 6) is -0.0433. The van der Waals surface area contributed by atoms with Crippen LogP contribution in [0.1, 0.15) is 36.9 Å². The maximum atomic E-state index is 14.1. The maximum absolute atomic E-state index is 14.1. The largest absolute Gasteiger partial charge is 0.381 e. The average Bonchev–Trinajstić information content (AvgIpc) is 2.84. The summed E-state index contributed by atoms with van der Waals surface area (Å²) in [7, 11) is 1.64. The summed E-state index contributed by atoms with van der Waals surface area (Å²) >= 11 is 6.11. The normalized spacial score (nSPS) is 23.2. The van der Waals surface area contributed by atoms with Gasteiger partial charge in [0.05, 0.1) is 11.1 Å². The Morgan fingerprint density at radius 2 is 1.81 bits per heavy atom. The predicted molar refractivity (Wildman–Crippen MR) is 119 cm³/mol. The van der Waals surface area contributed by atoms with Crippen LogP contribution in [0, 0.1) is 0 Å². The monoisotopic (exact) mass is 441 g/mol. The lowest BCUT2D eigenvalue weighted by atomic mass is 9.71. The molecule has 0 radical (unpaired) electrons. The minimum absolute atomic E-state index is 0.0574. The number of halogens is 1. The van der Waals surface area contributed by atoms with Crippen LogP contribution in [0.15, 0.2) is 48.7 Å². The van der Waals surface area contributed by atoms with Crippen molar-refractivity contribution in [1.29, 1.82) is 0 Å². The first-order valence-corrected chi connectivity index (χ1v) is 11.2. The SMILES string of the molecule is CNC(=O)C1(c2ccccn2)CCCN(C(=O)C2(c3ccc(Cl)cc3)CCOCC2)C1. The van der Waals surface area contributed by atoms with E-state index in [1.807, 2.05) is 47.4 Å². The van der Waals surface area contributed by atoms with Crippen LogP contribution in [-0.4, -0.2) is 55.0 Å². The summed E-state index contributed by atoms with van der Waals surface area (Å²) in [6.07, 6.45) is 4.32. The molecule has 1 aromatic carbocycles. The molecule has 0 spiro atoms. The summed E-state index contributed by atoms with van der Waals surface area (Å²) in [6, 6.07) is 13.2. The highest BCUT2D eigenvalue weighted by Crippen LogP contribution is 2.40. The van der Waals surface area contributed by atoms with E-state index in [4.69, 9.17) is 16.3 Å². The zero-order valence-corrected chi connectivity index (χ0v) is 18.5. The molecule has 1 N–H and O–H groups in total. The number of benzene rings is 1. The van der Waals surface area contributed by atoms with Crippen LogP contribution in [-0.2, 0) is 25.2 Å². The van der Waals surface area contributed by atoms with E-state index in [-0.39, 0.29) is 11.8 Å². The van der Waals surface area contributed by atoms with Gasteiger partial charge in [-0.05, 0) is 55.5 Å².